The lowest BCUT2D eigenvalue weighted by molar-refractivity contribution is 0.0690. The highest BCUT2D eigenvalue weighted by Gasteiger charge is 2.10. The van der Waals surface area contributed by atoms with Crippen molar-refractivity contribution in [1.82, 2.24) is 19.6 Å². The molecule has 84 valence electrons. The maximum Gasteiger partial charge on any atom is 0.354 e. The van der Waals surface area contributed by atoms with Crippen LogP contribution in [0.2, 0.25) is 0 Å². The number of hydrogen-bond acceptors (Lipinski definition) is 4. The SMILES string of the molecule is CC(C)Cc1nc2nc(C(=O)O)ccn2n1. The van der Waals surface area contributed by atoms with Gasteiger partial charge in [-0.25, -0.2) is 14.3 Å². The Bertz CT molecular complexity index is 533. The average molecular weight is 220 g/mol. The van der Waals surface area contributed by atoms with E-state index in [1.807, 2.05) is 0 Å². The zero-order chi connectivity index (χ0) is 11.7. The first kappa shape index (κ1) is 10.5. The van der Waals surface area contributed by atoms with Crippen molar-refractivity contribution in [2.24, 2.45) is 5.92 Å². The van der Waals surface area contributed by atoms with E-state index < -0.39 is 5.97 Å². The summed E-state index contributed by atoms with van der Waals surface area (Å²) in [6, 6.07) is 1.41. The van der Waals surface area contributed by atoms with Gasteiger partial charge in [-0.2, -0.15) is 4.98 Å². The summed E-state index contributed by atoms with van der Waals surface area (Å²) < 4.78 is 1.49. The molecule has 0 saturated carbocycles. The van der Waals surface area contributed by atoms with Crippen molar-refractivity contribution in [1.29, 1.82) is 0 Å². The second kappa shape index (κ2) is 3.88. The number of nitrogens with zero attached hydrogens (tertiary/aromatic N) is 4. The number of rotatable bonds is 3. The molecule has 0 radical (unpaired) electrons. The third-order valence-corrected chi connectivity index (χ3v) is 2.06. The molecule has 1 N–H and O–H groups in total. The van der Waals surface area contributed by atoms with Gasteiger partial charge in [-0.15, -0.1) is 5.10 Å². The Morgan fingerprint density at radius 1 is 1.50 bits per heavy atom. The van der Waals surface area contributed by atoms with Crippen molar-refractivity contribution in [3.63, 3.8) is 0 Å². The molecule has 2 rings (SSSR count). The second-order valence-corrected chi connectivity index (χ2v) is 3.99. The Morgan fingerprint density at radius 2 is 2.25 bits per heavy atom. The van der Waals surface area contributed by atoms with Crippen LogP contribution in [0.25, 0.3) is 5.78 Å². The molecule has 2 heterocycles. The third-order valence-electron chi connectivity index (χ3n) is 2.06. The van der Waals surface area contributed by atoms with Crippen LogP contribution >= 0.6 is 0 Å². The van der Waals surface area contributed by atoms with Gasteiger partial charge in [0, 0.05) is 12.6 Å². The second-order valence-electron chi connectivity index (χ2n) is 3.99. The number of carbonyl (C=O) groups is 1. The van der Waals surface area contributed by atoms with Crippen LogP contribution < -0.4 is 0 Å². The molecule has 2 aromatic rings. The lowest BCUT2D eigenvalue weighted by Crippen LogP contribution is -2.02. The fourth-order valence-corrected chi connectivity index (χ4v) is 1.39. The number of carboxylic acids is 1. The molecular formula is C10H12N4O2. The van der Waals surface area contributed by atoms with Gasteiger partial charge in [0.2, 0.25) is 0 Å². The van der Waals surface area contributed by atoms with Gasteiger partial charge in [-0.05, 0) is 12.0 Å². The molecule has 6 nitrogen and oxygen atoms in total. The molecule has 0 fully saturated rings. The van der Waals surface area contributed by atoms with Gasteiger partial charge in [0.15, 0.2) is 11.5 Å². The van der Waals surface area contributed by atoms with E-state index in [9.17, 15) is 4.79 Å². The minimum atomic E-state index is -1.06. The Balaban J connectivity index is 2.42. The molecule has 6 heteroatoms. The summed E-state index contributed by atoms with van der Waals surface area (Å²) in [6.07, 6.45) is 2.31. The molecule has 2 aromatic heterocycles. The Labute approximate surface area is 92.0 Å². The molecule has 0 atom stereocenters. The number of aromatic carboxylic acids is 1. The Morgan fingerprint density at radius 3 is 2.88 bits per heavy atom. The minimum Gasteiger partial charge on any atom is -0.477 e. The molecule has 0 aromatic carbocycles. The predicted molar refractivity (Wildman–Crippen MR) is 56.3 cm³/mol. The standard InChI is InChI=1S/C10H12N4O2/c1-6(2)5-8-12-10-11-7(9(15)16)3-4-14(10)13-8/h3-4,6H,5H2,1-2H3,(H,15,16). The first-order chi connectivity index (χ1) is 7.56. The van der Waals surface area contributed by atoms with Gasteiger partial charge >= 0.3 is 5.97 Å². The van der Waals surface area contributed by atoms with E-state index >= 15 is 0 Å². The summed E-state index contributed by atoms with van der Waals surface area (Å²) >= 11 is 0. The summed E-state index contributed by atoms with van der Waals surface area (Å²) in [4.78, 5) is 18.8. The Kier molecular flexibility index (Phi) is 2.55. The Hall–Kier alpha value is -1.98. The van der Waals surface area contributed by atoms with Crippen LogP contribution in [0, 0.1) is 5.92 Å². The van der Waals surface area contributed by atoms with Crippen molar-refractivity contribution in [3.8, 4) is 0 Å². The molecule has 0 spiro atoms. The molecule has 0 amide bonds. The zero-order valence-electron chi connectivity index (χ0n) is 9.08. The predicted octanol–water partition coefficient (Wildman–Crippen LogP) is 1.02. The summed E-state index contributed by atoms with van der Waals surface area (Å²) in [5.41, 5.74) is -0.0176. The number of hydrogen-bond donors (Lipinski definition) is 1. The van der Waals surface area contributed by atoms with Crippen LogP contribution in [-0.4, -0.2) is 30.7 Å². The summed E-state index contributed by atoms with van der Waals surface area (Å²) in [5, 5.41) is 13.0. The normalized spacial score (nSPS) is 11.2. The third kappa shape index (κ3) is 2.00. The minimum absolute atomic E-state index is 0.0176. The summed E-state index contributed by atoms with van der Waals surface area (Å²) in [5.74, 6) is 0.410. The highest BCUT2D eigenvalue weighted by Crippen LogP contribution is 2.05. The summed E-state index contributed by atoms with van der Waals surface area (Å²) in [6.45, 7) is 4.14. The molecule has 16 heavy (non-hydrogen) atoms. The highest BCUT2D eigenvalue weighted by molar-refractivity contribution is 5.85. The van der Waals surface area contributed by atoms with E-state index in [4.69, 9.17) is 5.11 Å². The first-order valence-corrected chi connectivity index (χ1v) is 5.02. The van der Waals surface area contributed by atoms with Gasteiger partial charge < -0.3 is 5.11 Å². The van der Waals surface area contributed by atoms with E-state index in [0.29, 0.717) is 17.5 Å². The van der Waals surface area contributed by atoms with Crippen molar-refractivity contribution in [2.45, 2.75) is 20.3 Å². The van der Waals surface area contributed by atoms with Crippen LogP contribution in [0.4, 0.5) is 0 Å². The lowest BCUT2D eigenvalue weighted by Gasteiger charge is -1.96. The van der Waals surface area contributed by atoms with Crippen molar-refractivity contribution >= 4 is 11.7 Å². The van der Waals surface area contributed by atoms with Gasteiger partial charge in [0.25, 0.3) is 5.78 Å². The van der Waals surface area contributed by atoms with E-state index in [0.717, 1.165) is 6.42 Å². The van der Waals surface area contributed by atoms with Crippen molar-refractivity contribution in [2.75, 3.05) is 0 Å². The van der Waals surface area contributed by atoms with E-state index in [2.05, 4.69) is 28.9 Å². The smallest absolute Gasteiger partial charge is 0.354 e. The number of fused-ring (bicyclic) bond motifs is 1. The highest BCUT2D eigenvalue weighted by atomic mass is 16.4. The monoisotopic (exact) mass is 220 g/mol. The number of carboxylic acid groups (broad SMARTS) is 1. The van der Waals surface area contributed by atoms with Gasteiger partial charge in [0.1, 0.15) is 0 Å². The molecular weight excluding hydrogens is 208 g/mol. The van der Waals surface area contributed by atoms with Crippen LogP contribution in [0.5, 0.6) is 0 Å². The van der Waals surface area contributed by atoms with Gasteiger partial charge in [0.05, 0.1) is 0 Å². The topological polar surface area (TPSA) is 80.4 Å². The maximum atomic E-state index is 10.7. The van der Waals surface area contributed by atoms with Crippen LogP contribution in [0.15, 0.2) is 12.3 Å². The van der Waals surface area contributed by atoms with Gasteiger partial charge in [-0.1, -0.05) is 13.8 Å². The zero-order valence-corrected chi connectivity index (χ0v) is 9.08. The quantitative estimate of drug-likeness (QED) is 0.835. The van der Waals surface area contributed by atoms with Crippen LogP contribution in [-0.2, 0) is 6.42 Å². The largest absolute Gasteiger partial charge is 0.477 e. The van der Waals surface area contributed by atoms with Crippen LogP contribution in [0.3, 0.4) is 0 Å². The van der Waals surface area contributed by atoms with Gasteiger partial charge in [-0.3, -0.25) is 0 Å². The molecule has 0 aliphatic heterocycles. The molecule has 0 bridgehead atoms. The fourth-order valence-electron chi connectivity index (χ4n) is 1.39. The number of aromatic nitrogens is 4. The van der Waals surface area contributed by atoms with Crippen molar-refractivity contribution in [3.05, 3.63) is 23.8 Å². The molecule has 0 saturated heterocycles. The van der Waals surface area contributed by atoms with E-state index in [1.165, 1.54) is 10.6 Å². The maximum absolute atomic E-state index is 10.7. The lowest BCUT2D eigenvalue weighted by atomic mass is 10.1. The average Bonchev–Trinajstić information content (AvgIpc) is 2.56. The fraction of sp³-hybridized carbons (Fsp3) is 0.400. The van der Waals surface area contributed by atoms with E-state index in [-0.39, 0.29) is 5.69 Å². The molecule has 0 unspecified atom stereocenters. The van der Waals surface area contributed by atoms with Crippen LogP contribution in [0.1, 0.15) is 30.2 Å². The first-order valence-electron chi connectivity index (χ1n) is 5.02. The summed E-state index contributed by atoms with van der Waals surface area (Å²) in [7, 11) is 0. The van der Waals surface area contributed by atoms with Crippen molar-refractivity contribution < 1.29 is 9.90 Å². The molecule has 0 aliphatic carbocycles. The molecule has 0 aliphatic rings. The van der Waals surface area contributed by atoms with E-state index in [1.54, 1.807) is 6.20 Å².